The summed E-state index contributed by atoms with van der Waals surface area (Å²) in [5, 5.41) is 0. The van der Waals surface area contributed by atoms with Gasteiger partial charge in [0.2, 0.25) is 0 Å². The minimum Gasteiger partial charge on any atom is -0.293 e. The first kappa shape index (κ1) is 15.4. The molecule has 0 spiro atoms. The molecule has 0 saturated heterocycles. The average Bonchev–Trinajstić information content (AvgIpc) is 2.28. The quantitative estimate of drug-likeness (QED) is 0.458. The highest BCUT2D eigenvalue weighted by Crippen LogP contribution is 2.37. The van der Waals surface area contributed by atoms with Gasteiger partial charge in [0.05, 0.1) is 6.04 Å². The number of rotatable bonds is 4. The molecular formula is C14H29N3O. The van der Waals surface area contributed by atoms with Crippen LogP contribution in [0, 0.1) is 11.3 Å². The van der Waals surface area contributed by atoms with Gasteiger partial charge < -0.3 is 0 Å². The second kappa shape index (κ2) is 6.02. The number of amides is 1. The average molecular weight is 255 g/mol. The van der Waals surface area contributed by atoms with E-state index in [1.54, 1.807) is 0 Å². The van der Waals surface area contributed by atoms with Crippen LogP contribution in [0.4, 0.5) is 0 Å². The van der Waals surface area contributed by atoms with Crippen LogP contribution in [-0.4, -0.2) is 29.9 Å². The van der Waals surface area contributed by atoms with E-state index in [9.17, 15) is 4.79 Å². The summed E-state index contributed by atoms with van der Waals surface area (Å²) in [6.45, 7) is 8.80. The zero-order valence-electron chi connectivity index (χ0n) is 12.5. The Bertz CT molecular complexity index is 279. The van der Waals surface area contributed by atoms with Crippen molar-refractivity contribution in [3.63, 3.8) is 0 Å². The predicted octanol–water partition coefficient (Wildman–Crippen LogP) is 1.90. The summed E-state index contributed by atoms with van der Waals surface area (Å²) < 4.78 is 0. The number of carbonyl (C=O) groups is 1. The smallest absolute Gasteiger partial charge is 0.251 e. The molecule has 18 heavy (non-hydrogen) atoms. The molecule has 3 N–H and O–H groups in total. The molecule has 1 rings (SSSR count). The molecule has 0 aromatic carbocycles. The molecule has 0 aromatic rings. The Labute approximate surface area is 111 Å². The van der Waals surface area contributed by atoms with E-state index in [1.807, 2.05) is 0 Å². The highest BCUT2D eigenvalue weighted by Gasteiger charge is 2.34. The molecule has 1 unspecified atom stereocenters. The largest absolute Gasteiger partial charge is 0.293 e. The SMILES string of the molecule is CC(C)C(C(=O)NN)N(C)C1CCC(C)(C)CC1. The molecule has 106 valence electrons. The molecule has 0 radical (unpaired) electrons. The van der Waals surface area contributed by atoms with Gasteiger partial charge in [-0.2, -0.15) is 0 Å². The van der Waals surface area contributed by atoms with Gasteiger partial charge in [-0.3, -0.25) is 15.1 Å². The third kappa shape index (κ3) is 3.69. The Hall–Kier alpha value is -0.610. The van der Waals surface area contributed by atoms with Crippen LogP contribution < -0.4 is 11.3 Å². The maximum atomic E-state index is 11.9. The lowest BCUT2D eigenvalue weighted by molar-refractivity contribution is -0.129. The van der Waals surface area contributed by atoms with Crippen molar-refractivity contribution in [2.24, 2.45) is 17.2 Å². The van der Waals surface area contributed by atoms with Gasteiger partial charge in [0, 0.05) is 6.04 Å². The number of likely N-dealkylation sites (N-methyl/N-ethyl adjacent to an activating group) is 1. The highest BCUT2D eigenvalue weighted by molar-refractivity contribution is 5.81. The number of hydrogen-bond donors (Lipinski definition) is 2. The van der Waals surface area contributed by atoms with E-state index in [4.69, 9.17) is 5.84 Å². The number of nitrogens with zero attached hydrogens (tertiary/aromatic N) is 1. The van der Waals surface area contributed by atoms with Crippen molar-refractivity contribution in [1.82, 2.24) is 10.3 Å². The van der Waals surface area contributed by atoms with Gasteiger partial charge in [-0.05, 0) is 44.1 Å². The third-order valence-corrected chi connectivity index (χ3v) is 4.37. The van der Waals surface area contributed by atoms with Crippen LogP contribution in [0.15, 0.2) is 0 Å². The van der Waals surface area contributed by atoms with E-state index in [-0.39, 0.29) is 17.9 Å². The van der Waals surface area contributed by atoms with Crippen molar-refractivity contribution in [2.45, 2.75) is 65.5 Å². The molecule has 0 aliphatic heterocycles. The maximum absolute atomic E-state index is 11.9. The van der Waals surface area contributed by atoms with Crippen LogP contribution in [-0.2, 0) is 4.79 Å². The molecule has 1 fully saturated rings. The van der Waals surface area contributed by atoms with Crippen LogP contribution in [0.3, 0.4) is 0 Å². The molecule has 1 amide bonds. The minimum absolute atomic E-state index is 0.0719. The number of nitrogens with one attached hydrogen (secondary N) is 1. The van der Waals surface area contributed by atoms with Crippen LogP contribution in [0.5, 0.6) is 0 Å². The lowest BCUT2D eigenvalue weighted by Crippen LogP contribution is -2.54. The van der Waals surface area contributed by atoms with E-state index < -0.39 is 0 Å². The summed E-state index contributed by atoms with van der Waals surface area (Å²) in [6, 6.07) is 0.379. The number of hydrogen-bond acceptors (Lipinski definition) is 3. The van der Waals surface area contributed by atoms with Crippen LogP contribution in [0.1, 0.15) is 53.4 Å². The Morgan fingerprint density at radius 1 is 1.33 bits per heavy atom. The molecule has 0 bridgehead atoms. The van der Waals surface area contributed by atoms with E-state index in [0.29, 0.717) is 11.5 Å². The lowest BCUT2D eigenvalue weighted by atomic mass is 9.75. The standard InChI is InChI=1S/C14H29N3O/c1-10(2)12(13(18)16-15)17(5)11-6-8-14(3,4)9-7-11/h10-12H,6-9,15H2,1-5H3,(H,16,18). The lowest BCUT2D eigenvalue weighted by Gasteiger charge is -2.42. The van der Waals surface area contributed by atoms with E-state index in [1.165, 1.54) is 25.7 Å². The van der Waals surface area contributed by atoms with Crippen LogP contribution in [0.2, 0.25) is 0 Å². The molecule has 0 aromatic heterocycles. The normalized spacial score (nSPS) is 22.2. The molecule has 1 aliphatic rings. The van der Waals surface area contributed by atoms with Gasteiger partial charge in [-0.1, -0.05) is 27.7 Å². The van der Waals surface area contributed by atoms with Gasteiger partial charge in [-0.25, -0.2) is 5.84 Å². The zero-order chi connectivity index (χ0) is 13.9. The molecule has 0 heterocycles. The maximum Gasteiger partial charge on any atom is 0.251 e. The Kier molecular flexibility index (Phi) is 5.17. The van der Waals surface area contributed by atoms with Gasteiger partial charge >= 0.3 is 0 Å². The summed E-state index contributed by atoms with van der Waals surface area (Å²) in [7, 11) is 2.06. The Morgan fingerprint density at radius 3 is 2.22 bits per heavy atom. The second-order valence-electron chi connectivity index (χ2n) is 6.76. The van der Waals surface area contributed by atoms with E-state index >= 15 is 0 Å². The number of carbonyl (C=O) groups excluding carboxylic acids is 1. The first-order valence-electron chi connectivity index (χ1n) is 7.01. The molecule has 4 nitrogen and oxygen atoms in total. The van der Waals surface area contributed by atoms with Gasteiger partial charge in [-0.15, -0.1) is 0 Å². The van der Waals surface area contributed by atoms with E-state index in [2.05, 4.69) is 45.1 Å². The summed E-state index contributed by atoms with van der Waals surface area (Å²) in [4.78, 5) is 14.1. The fourth-order valence-electron chi connectivity index (χ4n) is 3.06. The Balaban J connectivity index is 2.67. The van der Waals surface area contributed by atoms with Gasteiger partial charge in [0.1, 0.15) is 0 Å². The van der Waals surface area contributed by atoms with Crippen molar-refractivity contribution >= 4 is 5.91 Å². The third-order valence-electron chi connectivity index (χ3n) is 4.37. The second-order valence-corrected chi connectivity index (χ2v) is 6.76. The van der Waals surface area contributed by atoms with Crippen molar-refractivity contribution in [3.05, 3.63) is 0 Å². The van der Waals surface area contributed by atoms with Crippen molar-refractivity contribution in [2.75, 3.05) is 7.05 Å². The van der Waals surface area contributed by atoms with Crippen LogP contribution in [0.25, 0.3) is 0 Å². The summed E-state index contributed by atoms with van der Waals surface area (Å²) in [6.07, 6.45) is 4.81. The van der Waals surface area contributed by atoms with Crippen LogP contribution >= 0.6 is 0 Å². The number of nitrogens with two attached hydrogens (primary N) is 1. The zero-order valence-corrected chi connectivity index (χ0v) is 12.5. The highest BCUT2D eigenvalue weighted by atomic mass is 16.2. The first-order chi connectivity index (χ1) is 8.28. The molecule has 1 atom stereocenters. The summed E-state index contributed by atoms with van der Waals surface area (Å²) in [5.41, 5.74) is 2.76. The monoisotopic (exact) mass is 255 g/mol. The molecule has 1 saturated carbocycles. The van der Waals surface area contributed by atoms with Crippen molar-refractivity contribution < 1.29 is 4.79 Å². The fourth-order valence-corrected chi connectivity index (χ4v) is 3.06. The van der Waals surface area contributed by atoms with Gasteiger partial charge in [0.15, 0.2) is 0 Å². The Morgan fingerprint density at radius 2 is 1.83 bits per heavy atom. The minimum atomic E-state index is -0.124. The molecular weight excluding hydrogens is 226 g/mol. The summed E-state index contributed by atoms with van der Waals surface area (Å²) in [5.74, 6) is 5.49. The fraction of sp³-hybridized carbons (Fsp3) is 0.929. The van der Waals surface area contributed by atoms with Crippen molar-refractivity contribution in [1.29, 1.82) is 0 Å². The molecule has 1 aliphatic carbocycles. The van der Waals surface area contributed by atoms with Crippen molar-refractivity contribution in [3.8, 4) is 0 Å². The van der Waals surface area contributed by atoms with Gasteiger partial charge in [0.25, 0.3) is 5.91 Å². The first-order valence-corrected chi connectivity index (χ1v) is 7.01. The number of hydrazine groups is 1. The summed E-state index contributed by atoms with van der Waals surface area (Å²) >= 11 is 0. The predicted molar refractivity (Wildman–Crippen MR) is 74.8 cm³/mol. The van der Waals surface area contributed by atoms with E-state index in [0.717, 1.165) is 0 Å². The topological polar surface area (TPSA) is 58.4 Å². The molecule has 4 heteroatoms.